The van der Waals surface area contributed by atoms with E-state index in [0.29, 0.717) is 4.31 Å². The molecule has 0 unspecified atom stereocenters. The van der Waals surface area contributed by atoms with Gasteiger partial charge >= 0.3 is 11.7 Å². The first kappa shape index (κ1) is 16.9. The minimum Gasteiger partial charge on any atom is -0.480 e. The van der Waals surface area contributed by atoms with Gasteiger partial charge in [-0.3, -0.25) is 18.7 Å². The molecule has 2 aromatic rings. The van der Waals surface area contributed by atoms with Crippen LogP contribution in [-0.4, -0.2) is 46.5 Å². The van der Waals surface area contributed by atoms with Crippen LogP contribution in [0.5, 0.6) is 0 Å². The highest BCUT2D eigenvalue weighted by Crippen LogP contribution is 2.18. The van der Waals surface area contributed by atoms with Crippen molar-refractivity contribution in [1.82, 2.24) is 13.4 Å². The second-order valence-electron chi connectivity index (χ2n) is 5.04. The second-order valence-corrected chi connectivity index (χ2v) is 7.08. The SMILES string of the molecule is CN(CC(=O)O)S(=O)(=O)c1ccc2c(c1)c(=O)n(C)c(=O)n2C. The highest BCUT2D eigenvalue weighted by Gasteiger charge is 2.24. The monoisotopic (exact) mass is 341 g/mol. The molecule has 1 heterocycles. The van der Waals surface area contributed by atoms with Crippen molar-refractivity contribution in [2.75, 3.05) is 13.6 Å². The smallest absolute Gasteiger partial charge is 0.330 e. The third-order valence-corrected chi connectivity index (χ3v) is 5.30. The Bertz CT molecular complexity index is 1020. The third kappa shape index (κ3) is 2.78. The number of hydrogen-bond donors (Lipinski definition) is 1. The number of nitrogens with zero attached hydrogens (tertiary/aromatic N) is 3. The van der Waals surface area contributed by atoms with Crippen LogP contribution in [0, 0.1) is 0 Å². The number of benzene rings is 1. The quantitative estimate of drug-likeness (QED) is 0.757. The highest BCUT2D eigenvalue weighted by molar-refractivity contribution is 7.89. The summed E-state index contributed by atoms with van der Waals surface area (Å²) in [6.45, 7) is -0.703. The van der Waals surface area contributed by atoms with Crippen LogP contribution in [-0.2, 0) is 28.9 Å². The number of carboxylic acid groups (broad SMARTS) is 1. The number of rotatable bonds is 4. The minimum absolute atomic E-state index is 0.0550. The number of sulfonamides is 1. The Morgan fingerprint density at radius 1 is 1.22 bits per heavy atom. The molecule has 0 bridgehead atoms. The first-order chi connectivity index (χ1) is 10.6. The molecule has 1 N–H and O–H groups in total. The van der Waals surface area contributed by atoms with Crippen LogP contribution >= 0.6 is 0 Å². The lowest BCUT2D eigenvalue weighted by Gasteiger charge is -2.15. The number of aliphatic carboxylic acids is 1. The van der Waals surface area contributed by atoms with Gasteiger partial charge in [0.1, 0.15) is 6.54 Å². The van der Waals surface area contributed by atoms with Crippen molar-refractivity contribution in [3.8, 4) is 0 Å². The van der Waals surface area contributed by atoms with Crippen molar-refractivity contribution in [3.63, 3.8) is 0 Å². The van der Waals surface area contributed by atoms with Crippen LogP contribution in [0.4, 0.5) is 0 Å². The van der Waals surface area contributed by atoms with Crippen LogP contribution in [0.15, 0.2) is 32.7 Å². The van der Waals surface area contributed by atoms with Crippen molar-refractivity contribution < 1.29 is 18.3 Å². The van der Waals surface area contributed by atoms with E-state index in [9.17, 15) is 22.8 Å². The van der Waals surface area contributed by atoms with Gasteiger partial charge in [0.05, 0.1) is 15.8 Å². The summed E-state index contributed by atoms with van der Waals surface area (Å²) in [6.07, 6.45) is 0. The number of aromatic nitrogens is 2. The molecule has 23 heavy (non-hydrogen) atoms. The molecule has 2 rings (SSSR count). The lowest BCUT2D eigenvalue weighted by molar-refractivity contribution is -0.137. The zero-order chi connectivity index (χ0) is 17.5. The van der Waals surface area contributed by atoms with Crippen LogP contribution in [0.1, 0.15) is 0 Å². The lowest BCUT2D eigenvalue weighted by atomic mass is 10.2. The van der Waals surface area contributed by atoms with E-state index in [1.54, 1.807) is 0 Å². The first-order valence-corrected chi connectivity index (χ1v) is 7.89. The van der Waals surface area contributed by atoms with E-state index in [1.165, 1.54) is 30.8 Å². The number of aryl methyl sites for hydroxylation is 1. The Morgan fingerprint density at radius 3 is 2.39 bits per heavy atom. The third-order valence-electron chi connectivity index (χ3n) is 3.50. The second kappa shape index (κ2) is 5.63. The Kier molecular flexibility index (Phi) is 4.14. The van der Waals surface area contributed by atoms with E-state index in [4.69, 9.17) is 5.11 Å². The van der Waals surface area contributed by atoms with Crippen LogP contribution in [0.25, 0.3) is 10.9 Å². The van der Waals surface area contributed by atoms with Crippen LogP contribution in [0.2, 0.25) is 0 Å². The Labute approximate surface area is 131 Å². The molecular formula is C13H15N3O6S. The standard InChI is InChI=1S/C13H15N3O6S/c1-14(7-11(17)18)23(21,22)8-4-5-10-9(6-8)12(19)16(3)13(20)15(10)2/h4-6H,7H2,1-3H3,(H,17,18). The zero-order valence-corrected chi connectivity index (χ0v) is 13.5. The molecule has 0 spiro atoms. The molecule has 0 saturated heterocycles. The van der Waals surface area contributed by atoms with E-state index >= 15 is 0 Å². The molecule has 124 valence electrons. The van der Waals surface area contributed by atoms with Crippen LogP contribution < -0.4 is 11.2 Å². The average Bonchev–Trinajstić information content (AvgIpc) is 2.49. The Balaban J connectivity index is 2.73. The molecule has 0 amide bonds. The fourth-order valence-electron chi connectivity index (χ4n) is 2.19. The van der Waals surface area contributed by atoms with Crippen molar-refractivity contribution in [2.24, 2.45) is 14.1 Å². The van der Waals surface area contributed by atoms with Gasteiger partial charge in [-0.25, -0.2) is 13.2 Å². The summed E-state index contributed by atoms with van der Waals surface area (Å²) in [5, 5.41) is 8.77. The van der Waals surface area contributed by atoms with Crippen LogP contribution in [0.3, 0.4) is 0 Å². The molecule has 1 aromatic heterocycles. The predicted octanol–water partition coefficient (Wildman–Crippen LogP) is -1.06. The molecule has 0 radical (unpaired) electrons. The van der Waals surface area contributed by atoms with Gasteiger partial charge in [-0.15, -0.1) is 0 Å². The lowest BCUT2D eigenvalue weighted by Crippen LogP contribution is -2.37. The molecular weight excluding hydrogens is 326 g/mol. The fraction of sp³-hybridized carbons (Fsp3) is 0.308. The molecule has 0 saturated carbocycles. The molecule has 0 aliphatic heterocycles. The molecule has 0 aliphatic rings. The van der Waals surface area contributed by atoms with Gasteiger partial charge in [0.2, 0.25) is 10.0 Å². The topological polar surface area (TPSA) is 119 Å². The maximum atomic E-state index is 12.3. The van der Waals surface area contributed by atoms with E-state index in [0.717, 1.165) is 17.7 Å². The number of fused-ring (bicyclic) bond motifs is 1. The van der Waals surface area contributed by atoms with E-state index in [2.05, 4.69) is 0 Å². The number of carbonyl (C=O) groups is 1. The number of hydrogen-bond acceptors (Lipinski definition) is 5. The molecule has 1 aromatic carbocycles. The maximum Gasteiger partial charge on any atom is 0.330 e. The zero-order valence-electron chi connectivity index (χ0n) is 12.7. The summed E-state index contributed by atoms with van der Waals surface area (Å²) in [7, 11) is -0.169. The van der Waals surface area contributed by atoms with Gasteiger partial charge in [0.15, 0.2) is 0 Å². The van der Waals surface area contributed by atoms with Gasteiger partial charge in [-0.1, -0.05) is 0 Å². The molecule has 10 heteroatoms. The van der Waals surface area contributed by atoms with Gasteiger partial charge in [-0.2, -0.15) is 4.31 Å². The Hall–Kier alpha value is -2.46. The molecule has 0 aliphatic carbocycles. The van der Waals surface area contributed by atoms with Crippen molar-refractivity contribution >= 4 is 26.9 Å². The predicted molar refractivity (Wildman–Crippen MR) is 81.9 cm³/mol. The minimum atomic E-state index is -4.06. The number of likely N-dealkylation sites (N-methyl/N-ethyl adjacent to an activating group) is 1. The van der Waals surface area contributed by atoms with Crippen molar-refractivity contribution in [1.29, 1.82) is 0 Å². The number of carboxylic acids is 1. The Morgan fingerprint density at radius 2 is 1.83 bits per heavy atom. The normalized spacial score (nSPS) is 12.0. The molecule has 9 nitrogen and oxygen atoms in total. The van der Waals surface area contributed by atoms with Gasteiger partial charge in [0, 0.05) is 21.1 Å². The largest absolute Gasteiger partial charge is 0.480 e. The van der Waals surface area contributed by atoms with Crippen molar-refractivity contribution in [3.05, 3.63) is 39.0 Å². The summed E-state index contributed by atoms with van der Waals surface area (Å²) in [5.41, 5.74) is -0.861. The van der Waals surface area contributed by atoms with Gasteiger partial charge in [0.25, 0.3) is 5.56 Å². The van der Waals surface area contributed by atoms with Gasteiger partial charge in [-0.05, 0) is 18.2 Å². The summed E-state index contributed by atoms with van der Waals surface area (Å²) < 4.78 is 27.5. The average molecular weight is 341 g/mol. The molecule has 0 fully saturated rings. The summed E-state index contributed by atoms with van der Waals surface area (Å²) in [4.78, 5) is 34.5. The summed E-state index contributed by atoms with van der Waals surface area (Å²) >= 11 is 0. The molecule has 0 atom stereocenters. The van der Waals surface area contributed by atoms with Gasteiger partial charge < -0.3 is 5.11 Å². The maximum absolute atomic E-state index is 12.3. The van der Waals surface area contributed by atoms with E-state index < -0.39 is 33.8 Å². The fourth-order valence-corrected chi connectivity index (χ4v) is 3.34. The summed E-state index contributed by atoms with van der Waals surface area (Å²) in [6, 6.07) is 3.72. The van der Waals surface area contributed by atoms with E-state index in [1.807, 2.05) is 0 Å². The van der Waals surface area contributed by atoms with E-state index in [-0.39, 0.29) is 15.8 Å². The highest BCUT2D eigenvalue weighted by atomic mass is 32.2. The first-order valence-electron chi connectivity index (χ1n) is 6.45. The summed E-state index contributed by atoms with van der Waals surface area (Å²) in [5.74, 6) is -1.30. The van der Waals surface area contributed by atoms with Crippen molar-refractivity contribution in [2.45, 2.75) is 4.90 Å².